The largest absolute Gasteiger partial charge is 0.376 e. The van der Waals surface area contributed by atoms with Gasteiger partial charge in [-0.2, -0.15) is 0 Å². The number of halogens is 1. The number of nitrogens with zero attached hydrogens (tertiary/aromatic N) is 3. The molecular weight excluding hydrogens is 493 g/mol. The molecule has 2 N–H and O–H groups in total. The van der Waals surface area contributed by atoms with E-state index >= 15 is 0 Å². The molecule has 0 bridgehead atoms. The molecule has 0 aliphatic carbocycles. The minimum atomic E-state index is -0.0146. The summed E-state index contributed by atoms with van der Waals surface area (Å²) in [6.07, 6.45) is 3.38. The van der Waals surface area contributed by atoms with Gasteiger partial charge in [-0.15, -0.1) is 24.0 Å². The van der Waals surface area contributed by atoms with E-state index in [1.165, 1.54) is 5.56 Å². The summed E-state index contributed by atoms with van der Waals surface area (Å²) in [5.74, 6) is 0.660. The van der Waals surface area contributed by atoms with Crippen LogP contribution in [0.2, 0.25) is 0 Å². The Morgan fingerprint density at radius 3 is 2.60 bits per heavy atom. The Bertz CT molecular complexity index is 636. The molecule has 7 nitrogen and oxygen atoms in total. The van der Waals surface area contributed by atoms with Crippen LogP contribution in [-0.2, 0) is 16.1 Å². The van der Waals surface area contributed by atoms with E-state index in [0.29, 0.717) is 18.5 Å². The number of nitrogens with one attached hydrogen (secondary N) is 2. The summed E-state index contributed by atoms with van der Waals surface area (Å²) in [6.45, 7) is 5.63. The second-order valence-corrected chi connectivity index (χ2v) is 7.93. The van der Waals surface area contributed by atoms with Crippen molar-refractivity contribution in [2.24, 2.45) is 4.99 Å². The fraction of sp³-hybridized carbons (Fsp3) is 0.636. The van der Waals surface area contributed by atoms with Gasteiger partial charge in [0.25, 0.3) is 0 Å². The Hall–Kier alpha value is -1.39. The van der Waals surface area contributed by atoms with Gasteiger partial charge in [0.2, 0.25) is 5.91 Å². The summed E-state index contributed by atoms with van der Waals surface area (Å²) >= 11 is 0. The molecule has 170 valence electrons. The van der Waals surface area contributed by atoms with Crippen molar-refractivity contribution in [3.63, 3.8) is 0 Å². The van der Waals surface area contributed by atoms with Gasteiger partial charge in [0.1, 0.15) is 6.54 Å². The molecule has 1 heterocycles. The molecule has 0 saturated carbocycles. The van der Waals surface area contributed by atoms with Crippen LogP contribution in [0, 0.1) is 0 Å². The number of ether oxygens (including phenoxy) is 1. The van der Waals surface area contributed by atoms with Gasteiger partial charge in [-0.05, 0) is 38.8 Å². The molecule has 2 rings (SSSR count). The van der Waals surface area contributed by atoms with Crippen molar-refractivity contribution in [2.75, 3.05) is 47.4 Å². The normalized spacial score (nSPS) is 17.4. The lowest BCUT2D eigenvalue weighted by Crippen LogP contribution is -2.43. The third-order valence-corrected chi connectivity index (χ3v) is 5.27. The van der Waals surface area contributed by atoms with Crippen LogP contribution < -0.4 is 10.6 Å². The minimum absolute atomic E-state index is 0. The van der Waals surface area contributed by atoms with Crippen molar-refractivity contribution in [1.29, 1.82) is 0 Å². The van der Waals surface area contributed by atoms with E-state index in [2.05, 4.69) is 58.8 Å². The predicted molar refractivity (Wildman–Crippen MR) is 133 cm³/mol. The monoisotopic (exact) mass is 531 g/mol. The van der Waals surface area contributed by atoms with Gasteiger partial charge in [0.15, 0.2) is 5.96 Å². The zero-order valence-corrected chi connectivity index (χ0v) is 21.1. The van der Waals surface area contributed by atoms with E-state index in [-0.39, 0.29) is 42.5 Å². The van der Waals surface area contributed by atoms with Crippen LogP contribution in [0.3, 0.4) is 0 Å². The van der Waals surface area contributed by atoms with Gasteiger partial charge in [0, 0.05) is 46.4 Å². The van der Waals surface area contributed by atoms with Crippen molar-refractivity contribution in [3.8, 4) is 0 Å². The molecule has 0 aromatic heterocycles. The number of carbonyl (C=O) groups excluding carboxylic acids is 1. The second kappa shape index (κ2) is 14.6. The Morgan fingerprint density at radius 2 is 1.97 bits per heavy atom. The Kier molecular flexibility index (Phi) is 13.0. The molecule has 1 aromatic carbocycles. The Balaban J connectivity index is 0.00000450. The van der Waals surface area contributed by atoms with E-state index in [0.717, 1.165) is 39.0 Å². The fourth-order valence-electron chi connectivity index (χ4n) is 3.13. The second-order valence-electron chi connectivity index (χ2n) is 7.93. The SMILES string of the molecule is CC(CCNC(=NCC(=O)N(C)C)NCC1CCCO1)N(C)Cc1ccccc1.I. The Morgan fingerprint density at radius 1 is 1.23 bits per heavy atom. The highest BCUT2D eigenvalue weighted by Gasteiger charge is 2.16. The summed E-state index contributed by atoms with van der Waals surface area (Å²) < 4.78 is 5.67. The number of likely N-dealkylation sites (N-methyl/N-ethyl adjacent to an activating group) is 1. The van der Waals surface area contributed by atoms with Crippen molar-refractivity contribution < 1.29 is 9.53 Å². The number of amides is 1. The van der Waals surface area contributed by atoms with Gasteiger partial charge in [-0.3, -0.25) is 9.69 Å². The first-order chi connectivity index (χ1) is 14.0. The van der Waals surface area contributed by atoms with E-state index < -0.39 is 0 Å². The first kappa shape index (κ1) is 26.6. The summed E-state index contributed by atoms with van der Waals surface area (Å²) in [7, 11) is 5.64. The lowest BCUT2D eigenvalue weighted by molar-refractivity contribution is -0.127. The van der Waals surface area contributed by atoms with Crippen LogP contribution in [0.4, 0.5) is 0 Å². The number of guanidine groups is 1. The number of benzene rings is 1. The molecule has 2 unspecified atom stereocenters. The average molecular weight is 531 g/mol. The first-order valence-corrected chi connectivity index (χ1v) is 10.5. The molecule has 30 heavy (non-hydrogen) atoms. The van der Waals surface area contributed by atoms with Crippen molar-refractivity contribution in [3.05, 3.63) is 35.9 Å². The molecular formula is C22H38IN5O2. The van der Waals surface area contributed by atoms with E-state index in [4.69, 9.17) is 4.74 Å². The van der Waals surface area contributed by atoms with Crippen LogP contribution >= 0.6 is 24.0 Å². The lowest BCUT2D eigenvalue weighted by Gasteiger charge is -2.25. The van der Waals surface area contributed by atoms with Crippen LogP contribution in [-0.4, -0.2) is 81.2 Å². The van der Waals surface area contributed by atoms with Crippen molar-refractivity contribution >= 4 is 35.8 Å². The third-order valence-electron chi connectivity index (χ3n) is 5.27. The van der Waals surface area contributed by atoms with E-state index in [9.17, 15) is 4.79 Å². The molecule has 1 aliphatic heterocycles. The molecule has 2 atom stereocenters. The molecule has 1 amide bonds. The molecule has 0 radical (unpaired) electrons. The number of rotatable bonds is 10. The van der Waals surface area contributed by atoms with Crippen LogP contribution in [0.1, 0.15) is 31.7 Å². The predicted octanol–water partition coefficient (Wildman–Crippen LogP) is 2.32. The molecule has 1 aliphatic rings. The molecule has 0 spiro atoms. The Labute approximate surface area is 198 Å². The lowest BCUT2D eigenvalue weighted by atomic mass is 10.1. The third kappa shape index (κ3) is 10.1. The van der Waals surface area contributed by atoms with E-state index in [1.54, 1.807) is 19.0 Å². The van der Waals surface area contributed by atoms with Gasteiger partial charge in [0.05, 0.1) is 6.10 Å². The molecule has 1 saturated heterocycles. The molecule has 1 aromatic rings. The van der Waals surface area contributed by atoms with Crippen LogP contribution in [0.25, 0.3) is 0 Å². The van der Waals surface area contributed by atoms with Gasteiger partial charge >= 0.3 is 0 Å². The maximum atomic E-state index is 11.9. The number of hydrogen-bond donors (Lipinski definition) is 2. The average Bonchev–Trinajstić information content (AvgIpc) is 3.23. The smallest absolute Gasteiger partial charge is 0.243 e. The van der Waals surface area contributed by atoms with Gasteiger partial charge in [-0.25, -0.2) is 4.99 Å². The highest BCUT2D eigenvalue weighted by Crippen LogP contribution is 2.10. The summed E-state index contributed by atoms with van der Waals surface area (Å²) in [6, 6.07) is 10.9. The van der Waals surface area contributed by atoms with Crippen LogP contribution in [0.15, 0.2) is 35.3 Å². The highest BCUT2D eigenvalue weighted by molar-refractivity contribution is 14.0. The molecule has 8 heteroatoms. The number of carbonyl (C=O) groups is 1. The molecule has 1 fully saturated rings. The summed E-state index contributed by atoms with van der Waals surface area (Å²) in [4.78, 5) is 20.2. The zero-order valence-electron chi connectivity index (χ0n) is 18.8. The number of hydrogen-bond acceptors (Lipinski definition) is 4. The maximum Gasteiger partial charge on any atom is 0.243 e. The van der Waals surface area contributed by atoms with Gasteiger partial charge < -0.3 is 20.3 Å². The topological polar surface area (TPSA) is 69.2 Å². The summed E-state index contributed by atoms with van der Waals surface area (Å²) in [5, 5.41) is 6.70. The minimum Gasteiger partial charge on any atom is -0.376 e. The van der Waals surface area contributed by atoms with E-state index in [1.807, 2.05) is 6.07 Å². The van der Waals surface area contributed by atoms with Crippen LogP contribution in [0.5, 0.6) is 0 Å². The quantitative estimate of drug-likeness (QED) is 0.276. The highest BCUT2D eigenvalue weighted by atomic mass is 127. The fourth-order valence-corrected chi connectivity index (χ4v) is 3.13. The number of aliphatic imine (C=N–C) groups is 1. The van der Waals surface area contributed by atoms with Crippen molar-refractivity contribution in [2.45, 2.75) is 44.9 Å². The summed E-state index contributed by atoms with van der Waals surface area (Å²) in [5.41, 5.74) is 1.32. The standard InChI is InChI=1S/C22H37N5O2.HI/c1-18(27(4)17-19-9-6-5-7-10-19)12-13-23-22(25-16-21(28)26(2)3)24-15-20-11-8-14-29-20;/h5-7,9-10,18,20H,8,11-17H2,1-4H3,(H2,23,24,25);1H. The van der Waals surface area contributed by atoms with Gasteiger partial charge in [-0.1, -0.05) is 30.3 Å². The maximum absolute atomic E-state index is 11.9. The first-order valence-electron chi connectivity index (χ1n) is 10.5. The van der Waals surface area contributed by atoms with Crippen molar-refractivity contribution in [1.82, 2.24) is 20.4 Å². The zero-order chi connectivity index (χ0) is 21.1.